The fraction of sp³-hybridized carbons (Fsp3) is 0.667. The average molecular weight is 198 g/mol. The molecule has 13 heavy (non-hydrogen) atoms. The first-order valence-electron chi connectivity index (χ1n) is 4.55. The number of nitrogens with zero attached hydrogens (tertiary/aromatic N) is 2. The minimum atomic E-state index is -0.419. The summed E-state index contributed by atoms with van der Waals surface area (Å²) in [4.78, 5) is 6.43. The summed E-state index contributed by atoms with van der Waals surface area (Å²) >= 11 is 1.67. The van der Waals surface area contributed by atoms with Gasteiger partial charge in [-0.2, -0.15) is 0 Å². The molecule has 1 aliphatic heterocycles. The number of β-amino-alcohol motifs (C(OH)–C–C–N with tert-alkyl or cyclic N) is 1. The second-order valence-corrected chi connectivity index (χ2v) is 4.63. The lowest BCUT2D eigenvalue weighted by Gasteiger charge is -2.45. The third-order valence-corrected chi connectivity index (χ3v) is 3.30. The smallest absolute Gasteiger partial charge is 0.107 e. The highest BCUT2D eigenvalue weighted by molar-refractivity contribution is 7.09. The number of hydrogen-bond donors (Lipinski definition) is 1. The van der Waals surface area contributed by atoms with Crippen LogP contribution >= 0.6 is 11.3 Å². The van der Waals surface area contributed by atoms with Crippen LogP contribution in [-0.2, 0) is 6.54 Å². The van der Waals surface area contributed by atoms with Crippen molar-refractivity contribution >= 4 is 11.3 Å². The zero-order chi connectivity index (χ0) is 9.31. The quantitative estimate of drug-likeness (QED) is 0.790. The maximum Gasteiger partial charge on any atom is 0.107 e. The average Bonchev–Trinajstić information content (AvgIpc) is 2.54. The largest absolute Gasteiger partial charge is 0.387 e. The van der Waals surface area contributed by atoms with Crippen LogP contribution in [-0.4, -0.2) is 33.7 Å². The predicted molar refractivity (Wildman–Crippen MR) is 52.6 cm³/mol. The first-order valence-corrected chi connectivity index (χ1v) is 5.43. The molecule has 0 atom stereocenters. The SMILES string of the molecule is CCC1(O)CN(Cc2nccs2)C1. The Kier molecular flexibility index (Phi) is 2.36. The molecule has 0 aromatic carbocycles. The van der Waals surface area contributed by atoms with Gasteiger partial charge in [0.25, 0.3) is 0 Å². The van der Waals surface area contributed by atoms with Gasteiger partial charge in [0.2, 0.25) is 0 Å². The van der Waals surface area contributed by atoms with E-state index < -0.39 is 5.60 Å². The van der Waals surface area contributed by atoms with Gasteiger partial charge in [-0.15, -0.1) is 11.3 Å². The van der Waals surface area contributed by atoms with E-state index in [-0.39, 0.29) is 0 Å². The summed E-state index contributed by atoms with van der Waals surface area (Å²) in [7, 11) is 0. The number of thiazole rings is 1. The second-order valence-electron chi connectivity index (χ2n) is 3.65. The molecular formula is C9H14N2OS. The molecule has 0 amide bonds. The maximum atomic E-state index is 9.76. The van der Waals surface area contributed by atoms with Crippen molar-refractivity contribution in [2.24, 2.45) is 0 Å². The molecule has 1 saturated heterocycles. The van der Waals surface area contributed by atoms with Crippen molar-refractivity contribution in [2.45, 2.75) is 25.5 Å². The molecule has 1 aromatic rings. The first kappa shape index (κ1) is 9.12. The molecule has 0 radical (unpaired) electrons. The Labute approximate surface area is 82.0 Å². The van der Waals surface area contributed by atoms with E-state index >= 15 is 0 Å². The van der Waals surface area contributed by atoms with E-state index in [1.807, 2.05) is 18.5 Å². The van der Waals surface area contributed by atoms with Crippen LogP contribution in [0.5, 0.6) is 0 Å². The van der Waals surface area contributed by atoms with Gasteiger partial charge in [0.1, 0.15) is 5.01 Å². The van der Waals surface area contributed by atoms with Gasteiger partial charge in [0.05, 0.1) is 12.1 Å². The monoisotopic (exact) mass is 198 g/mol. The highest BCUT2D eigenvalue weighted by Gasteiger charge is 2.39. The van der Waals surface area contributed by atoms with Gasteiger partial charge in [-0.05, 0) is 6.42 Å². The number of aromatic nitrogens is 1. The zero-order valence-corrected chi connectivity index (χ0v) is 8.55. The van der Waals surface area contributed by atoms with Crippen LogP contribution in [0, 0.1) is 0 Å². The third-order valence-electron chi connectivity index (χ3n) is 2.54. The maximum absolute atomic E-state index is 9.76. The van der Waals surface area contributed by atoms with Crippen molar-refractivity contribution in [2.75, 3.05) is 13.1 Å². The molecule has 0 bridgehead atoms. The zero-order valence-electron chi connectivity index (χ0n) is 7.73. The van der Waals surface area contributed by atoms with Crippen LogP contribution in [0.3, 0.4) is 0 Å². The summed E-state index contributed by atoms with van der Waals surface area (Å²) in [5, 5.41) is 12.9. The Balaban J connectivity index is 1.82. The first-order chi connectivity index (χ1) is 6.22. The summed E-state index contributed by atoms with van der Waals surface area (Å²) in [5.74, 6) is 0. The Hall–Kier alpha value is -0.450. The third kappa shape index (κ3) is 1.90. The highest BCUT2D eigenvalue weighted by Crippen LogP contribution is 2.25. The molecule has 1 fully saturated rings. The van der Waals surface area contributed by atoms with E-state index in [1.165, 1.54) is 0 Å². The van der Waals surface area contributed by atoms with Gasteiger partial charge in [-0.3, -0.25) is 4.90 Å². The molecule has 0 unspecified atom stereocenters. The van der Waals surface area contributed by atoms with Crippen LogP contribution in [0.15, 0.2) is 11.6 Å². The normalized spacial score (nSPS) is 21.4. The van der Waals surface area contributed by atoms with Crippen molar-refractivity contribution in [3.05, 3.63) is 16.6 Å². The number of hydrogen-bond acceptors (Lipinski definition) is 4. The molecule has 1 N–H and O–H groups in total. The fourth-order valence-electron chi connectivity index (χ4n) is 1.64. The van der Waals surface area contributed by atoms with E-state index in [0.717, 1.165) is 31.1 Å². The van der Waals surface area contributed by atoms with Crippen LogP contribution < -0.4 is 0 Å². The molecule has 4 heteroatoms. The summed E-state index contributed by atoms with van der Waals surface area (Å²) in [6.45, 7) is 4.51. The predicted octanol–water partition coefficient (Wildman–Crippen LogP) is 1.10. The van der Waals surface area contributed by atoms with Gasteiger partial charge in [-0.1, -0.05) is 6.92 Å². The molecular weight excluding hydrogens is 184 g/mol. The van der Waals surface area contributed by atoms with Crippen molar-refractivity contribution < 1.29 is 5.11 Å². The van der Waals surface area contributed by atoms with Gasteiger partial charge in [-0.25, -0.2) is 4.98 Å². The lowest BCUT2D eigenvalue weighted by atomic mass is 9.91. The van der Waals surface area contributed by atoms with Crippen molar-refractivity contribution in [1.82, 2.24) is 9.88 Å². The van der Waals surface area contributed by atoms with Crippen molar-refractivity contribution in [3.8, 4) is 0 Å². The van der Waals surface area contributed by atoms with E-state index in [0.29, 0.717) is 0 Å². The molecule has 72 valence electrons. The van der Waals surface area contributed by atoms with Crippen molar-refractivity contribution in [3.63, 3.8) is 0 Å². The Morgan fingerprint density at radius 1 is 1.69 bits per heavy atom. The lowest BCUT2D eigenvalue weighted by Crippen LogP contribution is -2.60. The molecule has 1 aliphatic rings. The number of rotatable bonds is 3. The fourth-order valence-corrected chi connectivity index (χ4v) is 2.30. The highest BCUT2D eigenvalue weighted by atomic mass is 32.1. The lowest BCUT2D eigenvalue weighted by molar-refractivity contribution is -0.103. The molecule has 0 spiro atoms. The molecule has 1 aromatic heterocycles. The minimum absolute atomic E-state index is 0.419. The van der Waals surface area contributed by atoms with Crippen LogP contribution in [0.4, 0.5) is 0 Å². The molecule has 3 nitrogen and oxygen atoms in total. The van der Waals surface area contributed by atoms with Gasteiger partial charge < -0.3 is 5.11 Å². The number of likely N-dealkylation sites (tertiary alicyclic amines) is 1. The van der Waals surface area contributed by atoms with Crippen LogP contribution in [0.1, 0.15) is 18.4 Å². The Morgan fingerprint density at radius 2 is 2.46 bits per heavy atom. The molecule has 0 aliphatic carbocycles. The number of aliphatic hydroxyl groups is 1. The summed E-state index contributed by atoms with van der Waals surface area (Å²) in [6.07, 6.45) is 2.67. The van der Waals surface area contributed by atoms with E-state index in [1.54, 1.807) is 11.3 Å². The van der Waals surface area contributed by atoms with E-state index in [9.17, 15) is 5.11 Å². The topological polar surface area (TPSA) is 36.4 Å². The Bertz CT molecular complexity index is 267. The van der Waals surface area contributed by atoms with Gasteiger partial charge in [0, 0.05) is 24.7 Å². The minimum Gasteiger partial charge on any atom is -0.387 e. The van der Waals surface area contributed by atoms with Crippen molar-refractivity contribution in [1.29, 1.82) is 0 Å². The summed E-state index contributed by atoms with van der Waals surface area (Å²) < 4.78 is 0. The van der Waals surface area contributed by atoms with Crippen LogP contribution in [0.2, 0.25) is 0 Å². The summed E-state index contributed by atoms with van der Waals surface area (Å²) in [5.41, 5.74) is -0.419. The van der Waals surface area contributed by atoms with E-state index in [4.69, 9.17) is 0 Å². The van der Waals surface area contributed by atoms with Gasteiger partial charge >= 0.3 is 0 Å². The van der Waals surface area contributed by atoms with Crippen LogP contribution in [0.25, 0.3) is 0 Å². The van der Waals surface area contributed by atoms with Gasteiger partial charge in [0.15, 0.2) is 0 Å². The summed E-state index contributed by atoms with van der Waals surface area (Å²) in [6, 6.07) is 0. The Morgan fingerprint density at radius 3 is 3.00 bits per heavy atom. The van der Waals surface area contributed by atoms with E-state index in [2.05, 4.69) is 9.88 Å². The molecule has 2 rings (SSSR count). The molecule has 0 saturated carbocycles. The second kappa shape index (κ2) is 3.36. The standard InChI is InChI=1S/C9H14N2OS/c1-2-9(12)6-11(7-9)5-8-10-3-4-13-8/h3-4,12H,2,5-7H2,1H3. The molecule has 2 heterocycles.